The molecule has 3 amide bonds. The van der Waals surface area contributed by atoms with Crippen LogP contribution in [0.2, 0.25) is 0 Å². The van der Waals surface area contributed by atoms with E-state index >= 15 is 0 Å². The summed E-state index contributed by atoms with van der Waals surface area (Å²) in [4.78, 5) is 24.6. The molecule has 2 aliphatic heterocycles. The van der Waals surface area contributed by atoms with Crippen LogP contribution in [0.1, 0.15) is 16.8 Å². The Kier molecular flexibility index (Phi) is 5.01. The number of sulfone groups is 1. The Hall–Kier alpha value is -3.27. The number of ether oxygens (including phenoxy) is 2. The molecular weight excluding hydrogens is 398 g/mol. The van der Waals surface area contributed by atoms with Gasteiger partial charge in [-0.05, 0) is 36.8 Å². The van der Waals surface area contributed by atoms with Gasteiger partial charge in [-0.15, -0.1) is 0 Å². The summed E-state index contributed by atoms with van der Waals surface area (Å²) in [6.45, 7) is 0.148. The van der Waals surface area contributed by atoms with Gasteiger partial charge >= 0.3 is 6.03 Å². The Bertz CT molecular complexity index is 1070. The molecule has 3 N–H and O–H groups in total. The molecule has 0 aliphatic carbocycles. The highest BCUT2D eigenvalue weighted by atomic mass is 32.2. The van der Waals surface area contributed by atoms with Crippen molar-refractivity contribution in [3.05, 3.63) is 48.0 Å². The lowest BCUT2D eigenvalue weighted by Crippen LogP contribution is -2.38. The second-order valence-corrected chi connectivity index (χ2v) is 9.03. The first-order chi connectivity index (χ1) is 13.9. The van der Waals surface area contributed by atoms with Gasteiger partial charge in [0.05, 0.1) is 11.5 Å². The number of nitrogens with one attached hydrogen (secondary N) is 3. The molecular formula is C19H19N3O6S. The Morgan fingerprint density at radius 3 is 2.55 bits per heavy atom. The van der Waals surface area contributed by atoms with Crippen molar-refractivity contribution in [1.29, 1.82) is 0 Å². The van der Waals surface area contributed by atoms with E-state index in [2.05, 4.69) is 16.0 Å². The molecule has 2 aliphatic rings. The van der Waals surface area contributed by atoms with E-state index in [9.17, 15) is 18.0 Å². The SMILES string of the molecule is O=C(Nc1cccc(C(=O)Nc2ccc3c(c2)OCO3)c1)N[C@H]1CCS(=O)(=O)C1. The van der Waals surface area contributed by atoms with Gasteiger partial charge in [-0.3, -0.25) is 4.79 Å². The van der Waals surface area contributed by atoms with Crippen LogP contribution in [0.15, 0.2) is 42.5 Å². The summed E-state index contributed by atoms with van der Waals surface area (Å²) in [6.07, 6.45) is 0.397. The van der Waals surface area contributed by atoms with E-state index in [1.54, 1.807) is 36.4 Å². The van der Waals surface area contributed by atoms with Crippen LogP contribution in [-0.4, -0.2) is 44.7 Å². The third-order valence-corrected chi connectivity index (χ3v) is 6.35. The molecule has 2 aromatic rings. The number of amides is 3. The molecule has 152 valence electrons. The van der Waals surface area contributed by atoms with Crippen molar-refractivity contribution < 1.29 is 27.5 Å². The van der Waals surface area contributed by atoms with Gasteiger partial charge in [0, 0.05) is 29.0 Å². The average Bonchev–Trinajstić information content (AvgIpc) is 3.27. The largest absolute Gasteiger partial charge is 0.454 e. The monoisotopic (exact) mass is 417 g/mol. The first-order valence-electron chi connectivity index (χ1n) is 8.97. The Morgan fingerprint density at radius 2 is 1.76 bits per heavy atom. The highest BCUT2D eigenvalue weighted by Crippen LogP contribution is 2.34. The van der Waals surface area contributed by atoms with Crippen LogP contribution < -0.4 is 25.4 Å². The van der Waals surface area contributed by atoms with E-state index in [1.807, 2.05) is 0 Å². The molecule has 10 heteroatoms. The molecule has 0 spiro atoms. The minimum Gasteiger partial charge on any atom is -0.454 e. The predicted molar refractivity (Wildman–Crippen MR) is 106 cm³/mol. The topological polar surface area (TPSA) is 123 Å². The van der Waals surface area contributed by atoms with Crippen molar-refractivity contribution >= 4 is 33.2 Å². The van der Waals surface area contributed by atoms with Crippen LogP contribution in [0.25, 0.3) is 0 Å². The number of carbonyl (C=O) groups is 2. The van der Waals surface area contributed by atoms with Crippen LogP contribution in [0, 0.1) is 0 Å². The zero-order valence-corrected chi connectivity index (χ0v) is 16.1. The second kappa shape index (κ2) is 7.63. The summed E-state index contributed by atoms with van der Waals surface area (Å²) >= 11 is 0. The lowest BCUT2D eigenvalue weighted by molar-refractivity contribution is 0.102. The molecule has 9 nitrogen and oxygen atoms in total. The van der Waals surface area contributed by atoms with Crippen molar-refractivity contribution in [2.75, 3.05) is 28.9 Å². The molecule has 4 rings (SSSR count). The first kappa shape index (κ1) is 19.1. The van der Waals surface area contributed by atoms with Gasteiger partial charge in [0.2, 0.25) is 6.79 Å². The van der Waals surface area contributed by atoms with E-state index in [4.69, 9.17) is 9.47 Å². The summed E-state index contributed by atoms with van der Waals surface area (Å²) < 4.78 is 33.5. The summed E-state index contributed by atoms with van der Waals surface area (Å²) in [7, 11) is -3.08. The van der Waals surface area contributed by atoms with Gasteiger partial charge in [-0.1, -0.05) is 6.07 Å². The third kappa shape index (κ3) is 4.60. The summed E-state index contributed by atoms with van der Waals surface area (Å²) in [5.41, 5.74) is 1.32. The van der Waals surface area contributed by atoms with Gasteiger partial charge in [0.25, 0.3) is 5.91 Å². The number of hydrogen-bond donors (Lipinski definition) is 3. The second-order valence-electron chi connectivity index (χ2n) is 6.80. The van der Waals surface area contributed by atoms with Crippen LogP contribution >= 0.6 is 0 Å². The lowest BCUT2D eigenvalue weighted by Gasteiger charge is -2.13. The molecule has 1 fully saturated rings. The normalized spacial score (nSPS) is 18.8. The van der Waals surface area contributed by atoms with Crippen LogP contribution in [-0.2, 0) is 9.84 Å². The van der Waals surface area contributed by atoms with Gasteiger partial charge < -0.3 is 25.4 Å². The fourth-order valence-corrected chi connectivity index (χ4v) is 4.85. The van der Waals surface area contributed by atoms with Crippen molar-refractivity contribution in [1.82, 2.24) is 5.32 Å². The summed E-state index contributed by atoms with van der Waals surface area (Å²) in [5.74, 6) is 0.847. The standard InChI is InChI=1S/C19H19N3O6S/c23-18(20-14-4-5-16-17(9-14)28-11-27-16)12-2-1-3-13(8-12)21-19(24)22-15-6-7-29(25,26)10-15/h1-5,8-9,15H,6-7,10-11H2,(H,20,23)(H2,21,22,24)/t15-/m0/s1. The molecule has 0 unspecified atom stereocenters. The van der Waals surface area contributed by atoms with Gasteiger partial charge in [0.15, 0.2) is 21.3 Å². The van der Waals surface area contributed by atoms with E-state index in [-0.39, 0.29) is 24.2 Å². The number of urea groups is 1. The Morgan fingerprint density at radius 1 is 0.966 bits per heavy atom. The molecule has 1 saturated heterocycles. The van der Waals surface area contributed by atoms with Crippen LogP contribution in [0.3, 0.4) is 0 Å². The minimum atomic E-state index is -3.08. The molecule has 0 bridgehead atoms. The predicted octanol–water partition coefficient (Wildman–Crippen LogP) is 1.98. The highest BCUT2D eigenvalue weighted by molar-refractivity contribution is 7.91. The molecule has 1 atom stereocenters. The van der Waals surface area contributed by atoms with Crippen molar-refractivity contribution in [3.63, 3.8) is 0 Å². The highest BCUT2D eigenvalue weighted by Gasteiger charge is 2.28. The fourth-order valence-electron chi connectivity index (χ4n) is 3.18. The third-order valence-electron chi connectivity index (χ3n) is 4.58. The first-order valence-corrected chi connectivity index (χ1v) is 10.8. The van der Waals surface area contributed by atoms with Crippen LogP contribution in [0.4, 0.5) is 16.2 Å². The lowest BCUT2D eigenvalue weighted by atomic mass is 10.1. The van der Waals surface area contributed by atoms with E-state index in [0.29, 0.717) is 34.9 Å². The quantitative estimate of drug-likeness (QED) is 0.699. The van der Waals surface area contributed by atoms with Gasteiger partial charge in [0.1, 0.15) is 0 Å². The maximum atomic E-state index is 12.5. The minimum absolute atomic E-state index is 0.0571. The smallest absolute Gasteiger partial charge is 0.319 e. The number of fused-ring (bicyclic) bond motifs is 1. The number of hydrogen-bond acceptors (Lipinski definition) is 6. The van der Waals surface area contributed by atoms with E-state index < -0.39 is 21.9 Å². The molecule has 29 heavy (non-hydrogen) atoms. The Labute approximate surface area is 167 Å². The van der Waals surface area contributed by atoms with Crippen molar-refractivity contribution in [2.45, 2.75) is 12.5 Å². The van der Waals surface area contributed by atoms with E-state index in [0.717, 1.165) is 0 Å². The number of carbonyl (C=O) groups excluding carboxylic acids is 2. The molecule has 0 saturated carbocycles. The van der Waals surface area contributed by atoms with Gasteiger partial charge in [-0.25, -0.2) is 13.2 Å². The molecule has 0 radical (unpaired) electrons. The number of rotatable bonds is 4. The number of benzene rings is 2. The van der Waals surface area contributed by atoms with Crippen LogP contribution in [0.5, 0.6) is 11.5 Å². The number of anilines is 2. The zero-order chi connectivity index (χ0) is 20.4. The summed E-state index contributed by atoms with van der Waals surface area (Å²) in [5, 5.41) is 8.03. The average molecular weight is 417 g/mol. The van der Waals surface area contributed by atoms with Crippen molar-refractivity contribution in [2.24, 2.45) is 0 Å². The van der Waals surface area contributed by atoms with E-state index in [1.165, 1.54) is 6.07 Å². The molecule has 2 aromatic carbocycles. The Balaban J connectivity index is 1.37. The maximum Gasteiger partial charge on any atom is 0.319 e. The van der Waals surface area contributed by atoms with Gasteiger partial charge in [-0.2, -0.15) is 0 Å². The fraction of sp³-hybridized carbons (Fsp3) is 0.263. The zero-order valence-electron chi connectivity index (χ0n) is 15.3. The summed E-state index contributed by atoms with van der Waals surface area (Å²) in [6, 6.07) is 10.6. The maximum absolute atomic E-state index is 12.5. The molecule has 0 aromatic heterocycles. The molecule has 2 heterocycles. The van der Waals surface area contributed by atoms with Crippen molar-refractivity contribution in [3.8, 4) is 11.5 Å².